The Labute approximate surface area is 161 Å². The van der Waals surface area contributed by atoms with Crippen LogP contribution in [0, 0.1) is 10.1 Å². The van der Waals surface area contributed by atoms with Crippen molar-refractivity contribution in [1.29, 1.82) is 0 Å². The minimum atomic E-state index is -0.506. The Balaban J connectivity index is 1.63. The highest BCUT2D eigenvalue weighted by Crippen LogP contribution is 2.33. The number of nitro groups is 1. The van der Waals surface area contributed by atoms with E-state index in [2.05, 4.69) is 20.4 Å². The van der Waals surface area contributed by atoms with E-state index in [9.17, 15) is 10.1 Å². The normalized spacial score (nSPS) is 15.9. The summed E-state index contributed by atoms with van der Waals surface area (Å²) < 4.78 is 0. The molecule has 0 fully saturated rings. The summed E-state index contributed by atoms with van der Waals surface area (Å²) in [5.41, 5.74) is 8.36. The van der Waals surface area contributed by atoms with E-state index in [1.165, 1.54) is 0 Å². The van der Waals surface area contributed by atoms with Gasteiger partial charge in [0.1, 0.15) is 5.69 Å². The molecule has 1 aliphatic rings. The summed E-state index contributed by atoms with van der Waals surface area (Å²) in [7, 11) is 1.86. The van der Waals surface area contributed by atoms with Crippen LogP contribution in [0.2, 0.25) is 0 Å². The molecule has 1 aliphatic heterocycles. The highest BCUT2D eigenvalue weighted by Gasteiger charge is 2.26. The van der Waals surface area contributed by atoms with Gasteiger partial charge in [0.2, 0.25) is 5.82 Å². The monoisotopic (exact) mass is 377 g/mol. The number of anilines is 2. The number of pyridine rings is 2. The molecule has 1 unspecified atom stereocenters. The molecule has 142 valence electrons. The van der Waals surface area contributed by atoms with Crippen LogP contribution >= 0.6 is 0 Å². The van der Waals surface area contributed by atoms with Gasteiger partial charge in [-0.25, -0.2) is 4.98 Å². The Morgan fingerprint density at radius 1 is 1.36 bits per heavy atom. The van der Waals surface area contributed by atoms with Gasteiger partial charge in [-0.2, -0.15) is 5.10 Å². The number of likely N-dealkylation sites (N-methyl/N-ethyl adjacent to an activating group) is 1. The Kier molecular flexibility index (Phi) is 4.48. The van der Waals surface area contributed by atoms with Gasteiger partial charge < -0.3 is 11.1 Å². The van der Waals surface area contributed by atoms with Crippen LogP contribution in [0.15, 0.2) is 47.7 Å². The fourth-order valence-electron chi connectivity index (χ4n) is 3.25. The van der Waals surface area contributed by atoms with E-state index in [0.29, 0.717) is 18.8 Å². The second-order valence-electron chi connectivity index (χ2n) is 6.69. The maximum Gasteiger partial charge on any atom is 0.334 e. The van der Waals surface area contributed by atoms with E-state index in [1.54, 1.807) is 23.5 Å². The Hall–Kier alpha value is -3.75. The van der Waals surface area contributed by atoms with Crippen LogP contribution in [0.3, 0.4) is 0 Å². The fourth-order valence-corrected chi connectivity index (χ4v) is 3.25. The average molecular weight is 377 g/mol. The summed E-state index contributed by atoms with van der Waals surface area (Å²) in [5, 5.41) is 21.6. The second kappa shape index (κ2) is 7.10. The molecular formula is C19H19N7O2. The predicted molar refractivity (Wildman–Crippen MR) is 108 cm³/mol. The van der Waals surface area contributed by atoms with Crippen molar-refractivity contribution in [2.75, 3.05) is 24.6 Å². The number of benzene rings is 1. The minimum Gasteiger partial charge on any atom is -0.393 e. The number of fused-ring (bicyclic) bond motifs is 1. The third-order valence-electron chi connectivity index (χ3n) is 4.64. The van der Waals surface area contributed by atoms with Gasteiger partial charge in [0.05, 0.1) is 22.1 Å². The SMILES string of the molecule is CN1CC(c2cc(N)c([N+](=O)[O-])c(NCc3ccc4ncccc4c3)n2)C=N1. The highest BCUT2D eigenvalue weighted by atomic mass is 16.6. The molecule has 3 aromatic rings. The zero-order valence-corrected chi connectivity index (χ0v) is 15.2. The Morgan fingerprint density at radius 2 is 2.21 bits per heavy atom. The zero-order valence-electron chi connectivity index (χ0n) is 15.2. The van der Waals surface area contributed by atoms with Crippen molar-refractivity contribution in [3.63, 3.8) is 0 Å². The smallest absolute Gasteiger partial charge is 0.334 e. The standard InChI is InChI=1S/C19H19N7O2/c1-25-11-14(10-23-25)17-8-15(20)18(26(27)28)19(24-17)22-9-12-4-5-16-13(7-12)3-2-6-21-16/h2-8,10,14H,9,11H2,1H3,(H3,20,22,24). The van der Waals surface area contributed by atoms with Crippen molar-refractivity contribution in [3.05, 3.63) is 64.0 Å². The molecule has 9 nitrogen and oxygen atoms in total. The molecule has 28 heavy (non-hydrogen) atoms. The number of rotatable bonds is 5. The molecule has 2 aromatic heterocycles. The first kappa shape index (κ1) is 17.7. The second-order valence-corrected chi connectivity index (χ2v) is 6.69. The van der Waals surface area contributed by atoms with E-state index in [0.717, 1.165) is 16.5 Å². The van der Waals surface area contributed by atoms with Gasteiger partial charge >= 0.3 is 5.69 Å². The molecule has 4 rings (SSSR count). The summed E-state index contributed by atoms with van der Waals surface area (Å²) in [6.45, 7) is 1.03. The van der Waals surface area contributed by atoms with Crippen LogP contribution in [0.5, 0.6) is 0 Å². The molecule has 1 aromatic carbocycles. The minimum absolute atomic E-state index is 0.0552. The first-order valence-corrected chi connectivity index (χ1v) is 8.79. The summed E-state index contributed by atoms with van der Waals surface area (Å²) in [6, 6.07) is 11.2. The van der Waals surface area contributed by atoms with Crippen LogP contribution in [0.1, 0.15) is 17.2 Å². The van der Waals surface area contributed by atoms with Gasteiger partial charge in [-0.3, -0.25) is 20.1 Å². The number of hydrogen-bond donors (Lipinski definition) is 2. The molecule has 3 heterocycles. The quantitative estimate of drug-likeness (QED) is 0.518. The third kappa shape index (κ3) is 3.41. The number of nitrogens with one attached hydrogen (secondary N) is 1. The van der Waals surface area contributed by atoms with Crippen LogP contribution in [0.4, 0.5) is 17.2 Å². The molecule has 0 bridgehead atoms. The number of nitrogen functional groups attached to an aromatic ring is 1. The third-order valence-corrected chi connectivity index (χ3v) is 4.64. The van der Waals surface area contributed by atoms with Crippen LogP contribution in [0.25, 0.3) is 10.9 Å². The first-order valence-electron chi connectivity index (χ1n) is 8.79. The number of hydrogen-bond acceptors (Lipinski definition) is 8. The molecule has 0 saturated carbocycles. The van der Waals surface area contributed by atoms with Crippen molar-refractivity contribution in [1.82, 2.24) is 15.0 Å². The van der Waals surface area contributed by atoms with E-state index >= 15 is 0 Å². The number of nitrogens with zero attached hydrogens (tertiary/aromatic N) is 5. The number of hydrazone groups is 1. The lowest BCUT2D eigenvalue weighted by Crippen LogP contribution is -2.15. The van der Waals surface area contributed by atoms with Gasteiger partial charge in [-0.1, -0.05) is 12.1 Å². The van der Waals surface area contributed by atoms with Crippen LogP contribution < -0.4 is 11.1 Å². The first-order chi connectivity index (χ1) is 13.5. The summed E-state index contributed by atoms with van der Waals surface area (Å²) >= 11 is 0. The highest BCUT2D eigenvalue weighted by molar-refractivity contribution is 5.79. The summed E-state index contributed by atoms with van der Waals surface area (Å²) in [5.74, 6) is 0.106. The maximum atomic E-state index is 11.5. The molecular weight excluding hydrogens is 358 g/mol. The molecule has 0 spiro atoms. The number of aromatic nitrogens is 2. The van der Waals surface area contributed by atoms with Crippen molar-refractivity contribution >= 4 is 34.3 Å². The van der Waals surface area contributed by atoms with E-state index in [1.807, 2.05) is 37.4 Å². The lowest BCUT2D eigenvalue weighted by atomic mass is 10.1. The van der Waals surface area contributed by atoms with Crippen LogP contribution in [-0.4, -0.2) is 39.7 Å². The Bertz CT molecular complexity index is 1080. The van der Waals surface area contributed by atoms with Crippen molar-refractivity contribution in [2.45, 2.75) is 12.5 Å². The summed E-state index contributed by atoms with van der Waals surface area (Å²) in [6.07, 6.45) is 3.51. The van der Waals surface area contributed by atoms with E-state index in [-0.39, 0.29) is 23.1 Å². The molecule has 0 radical (unpaired) electrons. The van der Waals surface area contributed by atoms with Crippen molar-refractivity contribution < 1.29 is 4.92 Å². The Morgan fingerprint density at radius 3 is 2.96 bits per heavy atom. The van der Waals surface area contributed by atoms with Gasteiger partial charge in [0, 0.05) is 37.9 Å². The predicted octanol–water partition coefficient (Wildman–Crippen LogP) is 2.75. The summed E-state index contributed by atoms with van der Waals surface area (Å²) in [4.78, 5) is 19.8. The topological polar surface area (TPSA) is 123 Å². The molecule has 3 N–H and O–H groups in total. The van der Waals surface area contributed by atoms with Crippen molar-refractivity contribution in [3.8, 4) is 0 Å². The van der Waals surface area contributed by atoms with Gasteiger partial charge in [-0.15, -0.1) is 0 Å². The van der Waals surface area contributed by atoms with Gasteiger partial charge in [0.25, 0.3) is 0 Å². The van der Waals surface area contributed by atoms with Crippen molar-refractivity contribution in [2.24, 2.45) is 5.10 Å². The largest absolute Gasteiger partial charge is 0.393 e. The van der Waals surface area contributed by atoms with Crippen LogP contribution in [-0.2, 0) is 6.54 Å². The van der Waals surface area contributed by atoms with E-state index < -0.39 is 4.92 Å². The number of nitrogens with two attached hydrogens (primary N) is 1. The molecule has 0 saturated heterocycles. The molecule has 1 atom stereocenters. The fraction of sp³-hybridized carbons (Fsp3) is 0.211. The lowest BCUT2D eigenvalue weighted by Gasteiger charge is -2.14. The zero-order chi connectivity index (χ0) is 19.7. The average Bonchev–Trinajstić information content (AvgIpc) is 3.12. The lowest BCUT2D eigenvalue weighted by molar-refractivity contribution is -0.383. The molecule has 0 aliphatic carbocycles. The van der Waals surface area contributed by atoms with Gasteiger partial charge in [-0.05, 0) is 29.8 Å². The molecule has 9 heteroatoms. The maximum absolute atomic E-state index is 11.5. The van der Waals surface area contributed by atoms with Gasteiger partial charge in [0.15, 0.2) is 0 Å². The van der Waals surface area contributed by atoms with E-state index in [4.69, 9.17) is 5.73 Å². The molecule has 0 amide bonds.